The summed E-state index contributed by atoms with van der Waals surface area (Å²) in [5, 5.41) is 13.2. The van der Waals surface area contributed by atoms with Crippen LogP contribution in [-0.2, 0) is 11.3 Å². The lowest BCUT2D eigenvalue weighted by Gasteiger charge is -2.37. The Labute approximate surface area is 179 Å². The molecule has 0 radical (unpaired) electrons. The second-order valence-electron chi connectivity index (χ2n) is 8.13. The monoisotopic (exact) mass is 417 g/mol. The molecule has 5 nitrogen and oxygen atoms in total. The molecule has 1 fully saturated rings. The number of aliphatic carboxylic acids is 1. The molecule has 1 saturated heterocycles. The Hall–Kier alpha value is -3.22. The highest BCUT2D eigenvalue weighted by molar-refractivity contribution is 5.89. The fourth-order valence-electron chi connectivity index (χ4n) is 4.68. The lowest BCUT2D eigenvalue weighted by atomic mass is 10.0. The van der Waals surface area contributed by atoms with Crippen molar-refractivity contribution in [3.05, 3.63) is 83.8 Å². The quantitative estimate of drug-likeness (QED) is 0.505. The second-order valence-corrected chi connectivity index (χ2v) is 8.13. The van der Waals surface area contributed by atoms with Crippen molar-refractivity contribution in [1.29, 1.82) is 0 Å². The van der Waals surface area contributed by atoms with Gasteiger partial charge in [-0.15, -0.1) is 0 Å². The zero-order valence-corrected chi connectivity index (χ0v) is 17.1. The van der Waals surface area contributed by atoms with Crippen molar-refractivity contribution in [3.63, 3.8) is 0 Å². The van der Waals surface area contributed by atoms with E-state index >= 15 is 0 Å². The first-order chi connectivity index (χ1) is 15.1. The average Bonchev–Trinajstić information content (AvgIpc) is 3.18. The number of carboxylic acids is 1. The van der Waals surface area contributed by atoms with E-state index in [0.29, 0.717) is 24.2 Å². The number of nitrogens with zero attached hydrogens (tertiary/aromatic N) is 2. The van der Waals surface area contributed by atoms with Crippen molar-refractivity contribution in [2.75, 3.05) is 26.2 Å². The number of aromatic nitrogens is 1. The van der Waals surface area contributed by atoms with Gasteiger partial charge in [-0.2, -0.15) is 0 Å². The molecule has 1 aliphatic heterocycles. The fourth-order valence-corrected chi connectivity index (χ4v) is 4.68. The first-order valence-electron chi connectivity index (χ1n) is 10.5. The highest BCUT2D eigenvalue weighted by Gasteiger charge is 2.32. The van der Waals surface area contributed by atoms with Crippen LogP contribution in [0.25, 0.3) is 21.7 Å². The van der Waals surface area contributed by atoms with Gasteiger partial charge in [-0.25, -0.2) is 4.39 Å². The van der Waals surface area contributed by atoms with Gasteiger partial charge in [-0.3, -0.25) is 14.6 Å². The molecule has 0 aliphatic carbocycles. The lowest BCUT2D eigenvalue weighted by molar-refractivity contribution is -0.144. The molecule has 2 heterocycles. The Balaban J connectivity index is 1.33. The largest absolute Gasteiger partial charge is 0.480 e. The van der Waals surface area contributed by atoms with Crippen molar-refractivity contribution in [3.8, 4) is 0 Å². The molecule has 0 amide bonds. The zero-order valence-electron chi connectivity index (χ0n) is 17.1. The Kier molecular flexibility index (Phi) is 5.18. The van der Waals surface area contributed by atoms with Crippen LogP contribution < -0.4 is 0 Å². The topological polar surface area (TPSA) is 59.6 Å². The zero-order chi connectivity index (χ0) is 21.4. The fraction of sp³-hybridized carbons (Fsp3) is 0.240. The first-order valence-corrected chi connectivity index (χ1v) is 10.5. The molecule has 0 saturated carbocycles. The molecule has 3 aromatic carbocycles. The third-order valence-electron chi connectivity index (χ3n) is 6.25. The Morgan fingerprint density at radius 2 is 1.77 bits per heavy atom. The molecule has 5 rings (SSSR count). The summed E-state index contributed by atoms with van der Waals surface area (Å²) in [6.45, 7) is 3.76. The summed E-state index contributed by atoms with van der Waals surface area (Å²) < 4.78 is 13.5. The molecule has 2 N–H and O–H groups in total. The van der Waals surface area contributed by atoms with E-state index in [0.717, 1.165) is 25.0 Å². The van der Waals surface area contributed by atoms with Crippen LogP contribution in [0.15, 0.2) is 66.9 Å². The molecule has 158 valence electrons. The van der Waals surface area contributed by atoms with E-state index in [1.807, 2.05) is 4.90 Å². The summed E-state index contributed by atoms with van der Waals surface area (Å²) >= 11 is 0. The molecule has 1 unspecified atom stereocenters. The lowest BCUT2D eigenvalue weighted by Crippen LogP contribution is -2.48. The number of carbonyl (C=O) groups is 1. The number of hydrogen-bond donors (Lipinski definition) is 2. The number of piperazine rings is 1. The van der Waals surface area contributed by atoms with Crippen LogP contribution in [0.4, 0.5) is 4.39 Å². The summed E-state index contributed by atoms with van der Waals surface area (Å²) in [7, 11) is 0. The summed E-state index contributed by atoms with van der Waals surface area (Å²) in [5.41, 5.74) is 2.60. The van der Waals surface area contributed by atoms with Crippen molar-refractivity contribution in [1.82, 2.24) is 14.8 Å². The maximum absolute atomic E-state index is 13.5. The minimum atomic E-state index is -0.882. The van der Waals surface area contributed by atoms with Crippen LogP contribution in [0.5, 0.6) is 0 Å². The number of rotatable bonds is 5. The van der Waals surface area contributed by atoms with E-state index in [2.05, 4.69) is 52.3 Å². The Bertz CT molecular complexity index is 1240. The van der Waals surface area contributed by atoms with Crippen molar-refractivity contribution >= 4 is 27.6 Å². The van der Waals surface area contributed by atoms with E-state index in [9.17, 15) is 14.3 Å². The minimum absolute atomic E-state index is 0.338. The van der Waals surface area contributed by atoms with E-state index in [1.165, 1.54) is 28.5 Å². The number of H-pyrrole nitrogens is 1. The molecule has 1 atom stereocenters. The van der Waals surface area contributed by atoms with Gasteiger partial charge in [0.15, 0.2) is 0 Å². The third-order valence-corrected chi connectivity index (χ3v) is 6.25. The van der Waals surface area contributed by atoms with Crippen LogP contribution in [0.3, 0.4) is 0 Å². The number of halogens is 1. The molecule has 31 heavy (non-hydrogen) atoms. The standard InChI is InChI=1S/C25H24FN3O2/c26-19-8-9-21-22(15-27-23(21)14-19)24(25(30)31)29-12-10-28(11-13-29)16-18-6-3-5-17-4-1-2-7-20(17)18/h1-9,14-15,24,27H,10-13,16H2,(H,30,31). The smallest absolute Gasteiger partial charge is 0.325 e. The van der Waals surface area contributed by atoms with Crippen molar-refractivity contribution in [2.24, 2.45) is 0 Å². The number of benzene rings is 3. The van der Waals surface area contributed by atoms with Gasteiger partial charge in [0.1, 0.15) is 11.9 Å². The number of fused-ring (bicyclic) bond motifs is 2. The van der Waals surface area contributed by atoms with Gasteiger partial charge in [0, 0.05) is 55.4 Å². The minimum Gasteiger partial charge on any atom is -0.480 e. The van der Waals surface area contributed by atoms with E-state index in [1.54, 1.807) is 12.3 Å². The number of nitrogens with one attached hydrogen (secondary N) is 1. The van der Waals surface area contributed by atoms with Crippen LogP contribution in [0.1, 0.15) is 17.2 Å². The molecule has 0 spiro atoms. The first kappa shape index (κ1) is 19.7. The summed E-state index contributed by atoms with van der Waals surface area (Å²) in [6.07, 6.45) is 1.70. The van der Waals surface area contributed by atoms with E-state index in [-0.39, 0.29) is 5.82 Å². The predicted octanol–water partition coefficient (Wildman–Crippen LogP) is 4.40. The van der Waals surface area contributed by atoms with Crippen molar-refractivity contribution < 1.29 is 14.3 Å². The molecule has 4 aromatic rings. The number of carboxylic acid groups (broad SMARTS) is 1. The Morgan fingerprint density at radius 1 is 1.00 bits per heavy atom. The summed E-state index contributed by atoms with van der Waals surface area (Å²) in [5.74, 6) is -1.22. The maximum Gasteiger partial charge on any atom is 0.325 e. The molecule has 6 heteroatoms. The van der Waals surface area contributed by atoms with Gasteiger partial charge in [-0.05, 0) is 34.5 Å². The van der Waals surface area contributed by atoms with Crippen LogP contribution in [0, 0.1) is 5.82 Å². The normalized spacial score (nSPS) is 16.7. The molecular weight excluding hydrogens is 393 g/mol. The van der Waals surface area contributed by atoms with Gasteiger partial charge in [0.05, 0.1) is 0 Å². The van der Waals surface area contributed by atoms with Gasteiger partial charge >= 0.3 is 5.97 Å². The van der Waals surface area contributed by atoms with Gasteiger partial charge in [0.2, 0.25) is 0 Å². The molecule has 1 aromatic heterocycles. The number of hydrogen-bond acceptors (Lipinski definition) is 3. The maximum atomic E-state index is 13.5. The highest BCUT2D eigenvalue weighted by Crippen LogP contribution is 2.30. The van der Waals surface area contributed by atoms with Crippen LogP contribution >= 0.6 is 0 Å². The van der Waals surface area contributed by atoms with Crippen LogP contribution in [-0.4, -0.2) is 52.0 Å². The molecule has 1 aliphatic rings. The van der Waals surface area contributed by atoms with E-state index < -0.39 is 12.0 Å². The van der Waals surface area contributed by atoms with E-state index in [4.69, 9.17) is 0 Å². The summed E-state index contributed by atoms with van der Waals surface area (Å²) in [6, 6.07) is 18.5. The van der Waals surface area contributed by atoms with Crippen LogP contribution in [0.2, 0.25) is 0 Å². The Morgan fingerprint density at radius 3 is 2.58 bits per heavy atom. The molecule has 0 bridgehead atoms. The second kappa shape index (κ2) is 8.13. The molecular formula is C25H24FN3O2. The van der Waals surface area contributed by atoms with Gasteiger partial charge < -0.3 is 10.1 Å². The number of aromatic amines is 1. The highest BCUT2D eigenvalue weighted by atomic mass is 19.1. The SMILES string of the molecule is O=C(O)C(c1c[nH]c2cc(F)ccc12)N1CCN(Cc2cccc3ccccc23)CC1. The average molecular weight is 417 g/mol. The van der Waals surface area contributed by atoms with Crippen molar-refractivity contribution in [2.45, 2.75) is 12.6 Å². The van der Waals surface area contributed by atoms with Gasteiger partial charge in [-0.1, -0.05) is 42.5 Å². The predicted molar refractivity (Wildman–Crippen MR) is 119 cm³/mol. The summed E-state index contributed by atoms with van der Waals surface area (Å²) in [4.78, 5) is 19.6. The van der Waals surface area contributed by atoms with Gasteiger partial charge in [0.25, 0.3) is 0 Å². The third kappa shape index (κ3) is 3.80.